The average molecular weight is 419 g/mol. The number of ether oxygens (including phenoxy) is 2. The Hall–Kier alpha value is -2.15. The summed E-state index contributed by atoms with van der Waals surface area (Å²) in [6, 6.07) is 11.9. The molecule has 1 amide bonds. The third kappa shape index (κ3) is 4.89. The number of amides is 1. The zero-order valence-corrected chi connectivity index (χ0v) is 16.8. The van der Waals surface area contributed by atoms with E-state index >= 15 is 0 Å². The van der Waals surface area contributed by atoms with Crippen molar-refractivity contribution >= 4 is 17.5 Å². The topological polar surface area (TPSA) is 50.8 Å². The maximum atomic E-state index is 13.4. The number of nitrogens with zero attached hydrogens (tertiary/aromatic N) is 1. The van der Waals surface area contributed by atoms with E-state index < -0.39 is 0 Å². The zero-order valence-electron chi connectivity index (χ0n) is 16.1. The molecule has 0 spiro atoms. The van der Waals surface area contributed by atoms with Crippen LogP contribution in [0.25, 0.3) is 0 Å². The van der Waals surface area contributed by atoms with Crippen molar-refractivity contribution in [1.82, 2.24) is 10.2 Å². The Bertz CT molecular complexity index is 856. The van der Waals surface area contributed by atoms with Crippen molar-refractivity contribution in [2.45, 2.75) is 12.5 Å². The maximum Gasteiger partial charge on any atom is 0.226 e. The molecule has 1 saturated heterocycles. The van der Waals surface area contributed by atoms with E-state index in [1.807, 2.05) is 12.1 Å². The zero-order chi connectivity index (χ0) is 20.2. The van der Waals surface area contributed by atoms with Crippen molar-refractivity contribution in [2.75, 3.05) is 39.5 Å². The van der Waals surface area contributed by atoms with Crippen LogP contribution in [0.1, 0.15) is 17.2 Å². The summed E-state index contributed by atoms with van der Waals surface area (Å²) in [4.78, 5) is 15.1. The molecular formula is C22H24ClFN2O3. The molecular weight excluding hydrogens is 395 g/mol. The quantitative estimate of drug-likeness (QED) is 0.810. The van der Waals surface area contributed by atoms with Crippen LogP contribution in [-0.2, 0) is 16.0 Å². The number of hydrogen-bond acceptors (Lipinski definition) is 4. The Balaban J connectivity index is 1.42. The van der Waals surface area contributed by atoms with Gasteiger partial charge in [-0.15, -0.1) is 0 Å². The molecule has 5 nitrogen and oxygen atoms in total. The molecule has 154 valence electrons. The predicted molar refractivity (Wildman–Crippen MR) is 109 cm³/mol. The molecule has 0 saturated carbocycles. The number of hydrogen-bond donors (Lipinski definition) is 1. The standard InChI is InChI=1S/C22H24ClFN2O3/c23-18-3-6-21-16(12-18)11-17(14-29-21)22(27)25-13-20(26-7-9-28-10-8-26)15-1-4-19(24)5-2-15/h1-6,12,17,20H,7-11,13-14H2,(H,25,27). The van der Waals surface area contributed by atoms with Gasteiger partial charge in [-0.3, -0.25) is 9.69 Å². The van der Waals surface area contributed by atoms with Gasteiger partial charge in [0.05, 0.1) is 25.2 Å². The van der Waals surface area contributed by atoms with Gasteiger partial charge in [0.1, 0.15) is 18.2 Å². The lowest BCUT2D eigenvalue weighted by Crippen LogP contribution is -2.45. The van der Waals surface area contributed by atoms with E-state index in [0.29, 0.717) is 37.8 Å². The number of rotatable bonds is 5. The second-order valence-corrected chi connectivity index (χ2v) is 7.86. The van der Waals surface area contributed by atoms with Crippen molar-refractivity contribution in [2.24, 2.45) is 5.92 Å². The molecule has 2 aromatic carbocycles. The molecule has 4 rings (SSSR count). The van der Waals surface area contributed by atoms with Gasteiger partial charge in [0, 0.05) is 24.7 Å². The van der Waals surface area contributed by atoms with Gasteiger partial charge in [0.15, 0.2) is 0 Å². The third-order valence-electron chi connectivity index (χ3n) is 5.51. The van der Waals surface area contributed by atoms with E-state index in [1.54, 1.807) is 18.2 Å². The van der Waals surface area contributed by atoms with E-state index in [4.69, 9.17) is 21.1 Å². The molecule has 2 atom stereocenters. The summed E-state index contributed by atoms with van der Waals surface area (Å²) >= 11 is 6.07. The van der Waals surface area contributed by atoms with Crippen LogP contribution in [0.2, 0.25) is 5.02 Å². The Morgan fingerprint density at radius 1 is 1.21 bits per heavy atom. The average Bonchev–Trinajstić information content (AvgIpc) is 2.75. The largest absolute Gasteiger partial charge is 0.492 e. The Morgan fingerprint density at radius 3 is 2.72 bits per heavy atom. The van der Waals surface area contributed by atoms with Crippen molar-refractivity contribution in [3.05, 3.63) is 64.4 Å². The van der Waals surface area contributed by atoms with Crippen LogP contribution in [0.15, 0.2) is 42.5 Å². The molecule has 7 heteroatoms. The molecule has 0 radical (unpaired) electrons. The first kappa shape index (κ1) is 20.1. The molecule has 2 heterocycles. The maximum absolute atomic E-state index is 13.4. The monoisotopic (exact) mass is 418 g/mol. The molecule has 2 aliphatic rings. The lowest BCUT2D eigenvalue weighted by atomic mass is 9.95. The van der Waals surface area contributed by atoms with Crippen LogP contribution in [0.4, 0.5) is 4.39 Å². The van der Waals surface area contributed by atoms with E-state index in [2.05, 4.69) is 10.2 Å². The highest BCUT2D eigenvalue weighted by molar-refractivity contribution is 6.30. The smallest absolute Gasteiger partial charge is 0.226 e. The minimum Gasteiger partial charge on any atom is -0.492 e. The molecule has 1 N–H and O–H groups in total. The van der Waals surface area contributed by atoms with Gasteiger partial charge in [-0.25, -0.2) is 4.39 Å². The second kappa shape index (κ2) is 9.11. The number of halogens is 2. The molecule has 0 aliphatic carbocycles. The third-order valence-corrected chi connectivity index (χ3v) is 5.75. The number of fused-ring (bicyclic) bond motifs is 1. The van der Waals surface area contributed by atoms with Gasteiger partial charge in [-0.1, -0.05) is 23.7 Å². The van der Waals surface area contributed by atoms with Crippen LogP contribution >= 0.6 is 11.6 Å². The first-order valence-corrected chi connectivity index (χ1v) is 10.2. The summed E-state index contributed by atoms with van der Waals surface area (Å²) in [5.74, 6) is 0.210. The van der Waals surface area contributed by atoms with Gasteiger partial charge < -0.3 is 14.8 Å². The number of nitrogens with one attached hydrogen (secondary N) is 1. The fraction of sp³-hybridized carbons (Fsp3) is 0.409. The van der Waals surface area contributed by atoms with Crippen molar-refractivity contribution in [1.29, 1.82) is 0 Å². The van der Waals surface area contributed by atoms with Gasteiger partial charge in [-0.2, -0.15) is 0 Å². The number of carbonyl (C=O) groups excluding carboxylic acids is 1. The van der Waals surface area contributed by atoms with E-state index in [1.165, 1.54) is 12.1 Å². The lowest BCUT2D eigenvalue weighted by molar-refractivity contribution is -0.126. The van der Waals surface area contributed by atoms with E-state index in [0.717, 1.165) is 30.0 Å². The molecule has 0 bridgehead atoms. The van der Waals surface area contributed by atoms with Gasteiger partial charge in [-0.05, 0) is 47.9 Å². The SMILES string of the molecule is O=C(NCC(c1ccc(F)cc1)N1CCOCC1)C1COc2ccc(Cl)cc2C1. The summed E-state index contributed by atoms with van der Waals surface area (Å²) < 4.78 is 24.6. The van der Waals surface area contributed by atoms with E-state index in [-0.39, 0.29) is 23.7 Å². The molecule has 2 unspecified atom stereocenters. The summed E-state index contributed by atoms with van der Waals surface area (Å²) in [5.41, 5.74) is 1.93. The van der Waals surface area contributed by atoms with Gasteiger partial charge in [0.25, 0.3) is 0 Å². The van der Waals surface area contributed by atoms with Gasteiger partial charge >= 0.3 is 0 Å². The number of morpholine rings is 1. The molecule has 1 fully saturated rings. The molecule has 0 aromatic heterocycles. The highest BCUT2D eigenvalue weighted by Crippen LogP contribution is 2.30. The summed E-state index contributed by atoms with van der Waals surface area (Å²) in [7, 11) is 0. The first-order chi connectivity index (χ1) is 14.1. The predicted octanol–water partition coefficient (Wildman–Crippen LogP) is 3.22. The molecule has 2 aromatic rings. The van der Waals surface area contributed by atoms with Crippen LogP contribution in [-0.4, -0.2) is 50.3 Å². The van der Waals surface area contributed by atoms with Crippen molar-refractivity contribution in [3.8, 4) is 5.75 Å². The fourth-order valence-electron chi connectivity index (χ4n) is 3.90. The fourth-order valence-corrected chi connectivity index (χ4v) is 4.10. The van der Waals surface area contributed by atoms with Crippen molar-refractivity contribution in [3.63, 3.8) is 0 Å². The van der Waals surface area contributed by atoms with Crippen LogP contribution in [0.3, 0.4) is 0 Å². The minimum absolute atomic E-state index is 0.0327. The number of carbonyl (C=O) groups is 1. The summed E-state index contributed by atoms with van der Waals surface area (Å²) in [5, 5.41) is 3.72. The second-order valence-electron chi connectivity index (χ2n) is 7.42. The molecule has 29 heavy (non-hydrogen) atoms. The first-order valence-electron chi connectivity index (χ1n) is 9.86. The minimum atomic E-state index is -0.268. The van der Waals surface area contributed by atoms with Crippen LogP contribution in [0, 0.1) is 11.7 Å². The Kier molecular flexibility index (Phi) is 6.33. The van der Waals surface area contributed by atoms with Crippen LogP contribution in [0.5, 0.6) is 5.75 Å². The lowest BCUT2D eigenvalue weighted by Gasteiger charge is -2.35. The normalized spacial score (nSPS) is 20.4. The Labute approximate surface area is 174 Å². The summed E-state index contributed by atoms with van der Waals surface area (Å²) in [6.45, 7) is 3.65. The van der Waals surface area contributed by atoms with Crippen molar-refractivity contribution < 1.29 is 18.7 Å². The van der Waals surface area contributed by atoms with Crippen LogP contribution < -0.4 is 10.1 Å². The molecule has 2 aliphatic heterocycles. The van der Waals surface area contributed by atoms with E-state index in [9.17, 15) is 9.18 Å². The highest BCUT2D eigenvalue weighted by Gasteiger charge is 2.28. The Morgan fingerprint density at radius 2 is 1.97 bits per heavy atom. The van der Waals surface area contributed by atoms with Gasteiger partial charge in [0.2, 0.25) is 5.91 Å². The highest BCUT2D eigenvalue weighted by atomic mass is 35.5. The number of benzene rings is 2. The summed E-state index contributed by atoms with van der Waals surface area (Å²) in [6.07, 6.45) is 0.598.